The number of anilines is 1. The lowest BCUT2D eigenvalue weighted by atomic mass is 10.0. The number of carbonyl (C=O) groups is 1. The number of halogens is 2. The van der Waals surface area contributed by atoms with Gasteiger partial charge in [-0.05, 0) is 59.0 Å². The van der Waals surface area contributed by atoms with Gasteiger partial charge in [0.15, 0.2) is 22.6 Å². The summed E-state index contributed by atoms with van der Waals surface area (Å²) in [7, 11) is -1.47. The monoisotopic (exact) mass is 493 g/mol. The molecular formula is C28H25F2NO3S. The Morgan fingerprint density at radius 2 is 1.43 bits per heavy atom. The quantitative estimate of drug-likeness (QED) is 0.325. The first-order valence-electron chi connectivity index (χ1n) is 10.9. The maximum Gasteiger partial charge on any atom is 0.159 e. The normalized spacial score (nSPS) is 11.4. The van der Waals surface area contributed by atoms with Crippen LogP contribution >= 0.6 is 0 Å². The fourth-order valence-electron chi connectivity index (χ4n) is 3.63. The Morgan fingerprint density at radius 1 is 0.771 bits per heavy atom. The van der Waals surface area contributed by atoms with Crippen molar-refractivity contribution < 1.29 is 23.3 Å². The molecule has 0 heterocycles. The van der Waals surface area contributed by atoms with Crippen LogP contribution in [0.15, 0.2) is 102 Å². The lowest BCUT2D eigenvalue weighted by Crippen LogP contribution is -2.07. The van der Waals surface area contributed by atoms with Crippen molar-refractivity contribution in [2.45, 2.75) is 24.2 Å². The van der Waals surface area contributed by atoms with E-state index in [2.05, 4.69) is 4.72 Å². The van der Waals surface area contributed by atoms with Crippen LogP contribution in [0.1, 0.15) is 17.5 Å². The molecule has 0 fully saturated rings. The van der Waals surface area contributed by atoms with Gasteiger partial charge < -0.3 is 10.2 Å². The highest BCUT2D eigenvalue weighted by atomic mass is 32.2. The number of benzene rings is 4. The van der Waals surface area contributed by atoms with Gasteiger partial charge in [-0.1, -0.05) is 66.7 Å². The lowest BCUT2D eigenvalue weighted by Gasteiger charge is -2.11. The summed E-state index contributed by atoms with van der Waals surface area (Å²) in [6, 6.07) is 28.3. The molecule has 180 valence electrons. The molecule has 3 N–H and O–H groups in total. The predicted octanol–water partition coefficient (Wildman–Crippen LogP) is 5.69. The maximum atomic E-state index is 13.3. The van der Waals surface area contributed by atoms with Crippen molar-refractivity contribution in [3.05, 3.63) is 120 Å². The highest BCUT2D eigenvalue weighted by molar-refractivity contribution is 7.86. The number of carbonyl (C=O) groups excluding carboxylic acids is 1. The largest absolute Gasteiger partial charge is 0.412 e. The van der Waals surface area contributed by atoms with E-state index in [9.17, 15) is 17.8 Å². The molecule has 0 aromatic heterocycles. The molecule has 4 nitrogen and oxygen atoms in total. The minimum absolute atomic E-state index is 0. The van der Waals surface area contributed by atoms with E-state index in [0.29, 0.717) is 22.6 Å². The standard InChI is InChI=1S/C28H23F2NO2S.H2O/c29-26-17-13-21(19-27(26)30)12-16-24(32)18-20-10-14-23(15-11-20)31-34(33)28-9-5-4-8-25(28)22-6-2-1-3-7-22;/h1-11,13-15,17,19,31H,12,16,18H2;1H2. The second-order valence-electron chi connectivity index (χ2n) is 7.89. The van der Waals surface area contributed by atoms with Crippen molar-refractivity contribution in [2.75, 3.05) is 4.72 Å². The van der Waals surface area contributed by atoms with Crippen LogP contribution in [0.3, 0.4) is 0 Å². The van der Waals surface area contributed by atoms with E-state index in [1.54, 1.807) is 12.1 Å². The van der Waals surface area contributed by atoms with E-state index in [1.807, 2.05) is 66.7 Å². The second-order valence-corrected chi connectivity index (χ2v) is 9.08. The summed E-state index contributed by atoms with van der Waals surface area (Å²) in [5.41, 5.74) is 3.99. The number of Topliss-reactive ketones (excluding diaryl/α,β-unsaturated/α-hetero) is 1. The van der Waals surface area contributed by atoms with Crippen LogP contribution in [0.4, 0.5) is 14.5 Å². The molecule has 0 radical (unpaired) electrons. The molecule has 0 saturated heterocycles. The molecule has 0 bridgehead atoms. The van der Waals surface area contributed by atoms with Crippen LogP contribution < -0.4 is 4.72 Å². The molecule has 0 aliphatic carbocycles. The Kier molecular flexibility index (Phi) is 9.00. The molecule has 0 amide bonds. The molecule has 1 unspecified atom stereocenters. The number of rotatable bonds is 9. The van der Waals surface area contributed by atoms with E-state index in [-0.39, 0.29) is 24.1 Å². The molecule has 0 aliphatic rings. The molecular weight excluding hydrogens is 468 g/mol. The van der Waals surface area contributed by atoms with Crippen molar-refractivity contribution in [1.29, 1.82) is 0 Å². The Hall–Kier alpha value is -3.68. The number of aryl methyl sites for hydroxylation is 1. The zero-order valence-corrected chi connectivity index (χ0v) is 19.7. The van der Waals surface area contributed by atoms with Gasteiger partial charge in [0.2, 0.25) is 0 Å². The van der Waals surface area contributed by atoms with E-state index >= 15 is 0 Å². The van der Waals surface area contributed by atoms with Crippen molar-refractivity contribution in [3.8, 4) is 11.1 Å². The second kappa shape index (κ2) is 12.1. The summed E-state index contributed by atoms with van der Waals surface area (Å²) in [6.45, 7) is 0. The van der Waals surface area contributed by atoms with Gasteiger partial charge >= 0.3 is 0 Å². The first-order chi connectivity index (χ1) is 16.5. The fourth-order valence-corrected chi connectivity index (χ4v) is 4.68. The summed E-state index contributed by atoms with van der Waals surface area (Å²) in [5, 5.41) is 0. The van der Waals surface area contributed by atoms with Crippen LogP contribution in [0, 0.1) is 11.6 Å². The number of ketones is 1. The Balaban J connectivity index is 0.00000342. The predicted molar refractivity (Wildman–Crippen MR) is 135 cm³/mol. The molecule has 1 atom stereocenters. The van der Waals surface area contributed by atoms with Crippen LogP contribution in [-0.4, -0.2) is 15.5 Å². The topological polar surface area (TPSA) is 77.7 Å². The molecule has 0 saturated carbocycles. The summed E-state index contributed by atoms with van der Waals surface area (Å²) >= 11 is 0. The van der Waals surface area contributed by atoms with Crippen LogP contribution in [-0.2, 0) is 28.6 Å². The molecule has 4 aromatic rings. The van der Waals surface area contributed by atoms with Crippen molar-refractivity contribution >= 4 is 22.5 Å². The maximum absolute atomic E-state index is 13.3. The summed E-state index contributed by atoms with van der Waals surface area (Å²) in [5.74, 6) is -1.80. The average Bonchev–Trinajstić information content (AvgIpc) is 2.86. The van der Waals surface area contributed by atoms with Gasteiger partial charge in [0.1, 0.15) is 5.78 Å². The molecule has 4 rings (SSSR count). The third-order valence-corrected chi connectivity index (χ3v) is 6.59. The van der Waals surface area contributed by atoms with Crippen LogP contribution in [0.2, 0.25) is 0 Å². The van der Waals surface area contributed by atoms with Gasteiger partial charge in [-0.15, -0.1) is 0 Å². The van der Waals surface area contributed by atoms with Gasteiger partial charge in [0, 0.05) is 18.5 Å². The average molecular weight is 494 g/mol. The highest BCUT2D eigenvalue weighted by Gasteiger charge is 2.12. The van der Waals surface area contributed by atoms with E-state index in [1.165, 1.54) is 6.07 Å². The van der Waals surface area contributed by atoms with E-state index in [0.717, 1.165) is 28.8 Å². The van der Waals surface area contributed by atoms with Crippen LogP contribution in [0.25, 0.3) is 11.1 Å². The van der Waals surface area contributed by atoms with Gasteiger partial charge in [0.25, 0.3) is 0 Å². The van der Waals surface area contributed by atoms with Crippen molar-refractivity contribution in [3.63, 3.8) is 0 Å². The first kappa shape index (κ1) is 25.9. The Labute approximate surface area is 205 Å². The SMILES string of the molecule is O.O=C(CCc1ccc(F)c(F)c1)Cc1ccc(NS(=O)c2ccccc2-c2ccccc2)cc1. The molecule has 7 heteroatoms. The molecule has 0 aliphatic heterocycles. The molecule has 4 aromatic carbocycles. The van der Waals surface area contributed by atoms with Gasteiger partial charge in [-0.25, -0.2) is 13.0 Å². The number of hydrogen-bond acceptors (Lipinski definition) is 2. The number of hydrogen-bond donors (Lipinski definition) is 1. The zero-order valence-electron chi connectivity index (χ0n) is 18.8. The summed E-state index contributed by atoms with van der Waals surface area (Å²) in [4.78, 5) is 13.0. The summed E-state index contributed by atoms with van der Waals surface area (Å²) < 4.78 is 42.4. The minimum Gasteiger partial charge on any atom is -0.412 e. The van der Waals surface area contributed by atoms with Gasteiger partial charge in [0.05, 0.1) is 4.90 Å². The van der Waals surface area contributed by atoms with Crippen molar-refractivity contribution in [2.24, 2.45) is 0 Å². The highest BCUT2D eigenvalue weighted by Crippen LogP contribution is 2.27. The lowest BCUT2D eigenvalue weighted by molar-refractivity contribution is -0.118. The summed E-state index contributed by atoms with van der Waals surface area (Å²) in [6.07, 6.45) is 0.838. The third kappa shape index (κ3) is 6.91. The molecule has 35 heavy (non-hydrogen) atoms. The third-order valence-electron chi connectivity index (χ3n) is 5.41. The minimum atomic E-state index is -1.47. The van der Waals surface area contributed by atoms with E-state index < -0.39 is 22.6 Å². The van der Waals surface area contributed by atoms with E-state index in [4.69, 9.17) is 0 Å². The Bertz CT molecular complexity index is 1310. The van der Waals surface area contributed by atoms with Crippen molar-refractivity contribution in [1.82, 2.24) is 0 Å². The van der Waals surface area contributed by atoms with Gasteiger partial charge in [-0.3, -0.25) is 4.79 Å². The van der Waals surface area contributed by atoms with Gasteiger partial charge in [-0.2, -0.15) is 0 Å². The molecule has 0 spiro atoms. The van der Waals surface area contributed by atoms with Crippen LogP contribution in [0.5, 0.6) is 0 Å². The first-order valence-corrected chi connectivity index (χ1v) is 12.0. The smallest absolute Gasteiger partial charge is 0.159 e. The zero-order chi connectivity index (χ0) is 23.9. The number of nitrogens with one attached hydrogen (secondary N) is 1. The Morgan fingerprint density at radius 3 is 2.14 bits per heavy atom. The fraction of sp³-hybridized carbons (Fsp3) is 0.107.